The molecule has 0 radical (unpaired) electrons. The Morgan fingerprint density at radius 2 is 1.93 bits per heavy atom. The standard InChI is InChI=1S/C25H36O5/c1-3-4-9-22(27)24(29)19-11-13-20(14-12-19)25(17-15-21(26)18-25)16-8-6-5-7-10-23(28)30-2/h6,8,11-14,22,24,27,29H,3-5,7,9-10,15-18H2,1-2H3/b8-6-. The van der Waals surface area contributed by atoms with Crippen molar-refractivity contribution < 1.29 is 24.5 Å². The summed E-state index contributed by atoms with van der Waals surface area (Å²) in [5, 5.41) is 20.6. The molecular formula is C25H36O5. The minimum atomic E-state index is -0.888. The Bertz CT molecular complexity index is 709. The third-order valence-electron chi connectivity index (χ3n) is 6.16. The summed E-state index contributed by atoms with van der Waals surface area (Å²) in [4.78, 5) is 23.3. The summed E-state index contributed by atoms with van der Waals surface area (Å²) in [6.07, 6.45) is 9.69. The predicted octanol–water partition coefficient (Wildman–Crippen LogP) is 4.55. The van der Waals surface area contributed by atoms with Crippen LogP contribution in [0.4, 0.5) is 0 Å². The minimum absolute atomic E-state index is 0.191. The number of aliphatic hydroxyl groups is 2. The number of carbonyl (C=O) groups is 2. The molecule has 2 rings (SSSR count). The molecule has 0 amide bonds. The Balaban J connectivity index is 2.02. The molecule has 1 aromatic carbocycles. The van der Waals surface area contributed by atoms with Crippen LogP contribution in [-0.4, -0.2) is 35.2 Å². The zero-order valence-corrected chi connectivity index (χ0v) is 18.3. The number of carbonyl (C=O) groups excluding carboxylic acids is 2. The number of benzene rings is 1. The van der Waals surface area contributed by atoms with Crippen molar-refractivity contribution in [3.05, 3.63) is 47.5 Å². The maximum absolute atomic E-state index is 12.1. The average Bonchev–Trinajstić information content (AvgIpc) is 3.15. The summed E-state index contributed by atoms with van der Waals surface area (Å²) in [5.74, 6) is 0.0940. The van der Waals surface area contributed by atoms with E-state index in [2.05, 4.69) is 23.8 Å². The fourth-order valence-corrected chi connectivity index (χ4v) is 4.19. The van der Waals surface area contributed by atoms with Crippen LogP contribution in [0.5, 0.6) is 0 Å². The lowest BCUT2D eigenvalue weighted by molar-refractivity contribution is -0.140. The number of esters is 1. The number of unbranched alkanes of at least 4 members (excludes halogenated alkanes) is 2. The molecule has 3 unspecified atom stereocenters. The SMILES string of the molecule is CCCCC(O)C(O)c1ccc(C2(C/C=C\CCCC(=O)OC)CCC(=O)C2)cc1. The molecule has 0 aromatic heterocycles. The van der Waals surface area contributed by atoms with Crippen molar-refractivity contribution in [1.82, 2.24) is 0 Å². The molecule has 1 aliphatic rings. The number of Topliss-reactive ketones (excluding diaryl/α,β-unsaturated/α-hetero) is 1. The Hall–Kier alpha value is -1.98. The lowest BCUT2D eigenvalue weighted by Crippen LogP contribution is -2.23. The molecule has 2 N–H and O–H groups in total. The van der Waals surface area contributed by atoms with Crippen LogP contribution in [0.2, 0.25) is 0 Å². The van der Waals surface area contributed by atoms with Gasteiger partial charge in [0.05, 0.1) is 13.2 Å². The van der Waals surface area contributed by atoms with E-state index in [0.29, 0.717) is 31.2 Å². The first-order chi connectivity index (χ1) is 14.4. The molecule has 1 aliphatic carbocycles. The van der Waals surface area contributed by atoms with Crippen molar-refractivity contribution in [2.75, 3.05) is 7.11 Å². The van der Waals surface area contributed by atoms with Crippen LogP contribution in [-0.2, 0) is 19.7 Å². The lowest BCUT2D eigenvalue weighted by Gasteiger charge is -2.28. The highest BCUT2D eigenvalue weighted by atomic mass is 16.5. The third-order valence-corrected chi connectivity index (χ3v) is 6.16. The van der Waals surface area contributed by atoms with Gasteiger partial charge in [-0.15, -0.1) is 0 Å². The van der Waals surface area contributed by atoms with E-state index >= 15 is 0 Å². The predicted molar refractivity (Wildman–Crippen MR) is 117 cm³/mol. The van der Waals surface area contributed by atoms with E-state index in [-0.39, 0.29) is 17.2 Å². The monoisotopic (exact) mass is 416 g/mol. The summed E-state index contributed by atoms with van der Waals surface area (Å²) in [6.45, 7) is 2.06. The highest BCUT2D eigenvalue weighted by Gasteiger charge is 2.39. The van der Waals surface area contributed by atoms with Gasteiger partial charge < -0.3 is 14.9 Å². The van der Waals surface area contributed by atoms with Crippen LogP contribution in [0.1, 0.15) is 88.4 Å². The third kappa shape index (κ3) is 6.78. The van der Waals surface area contributed by atoms with Gasteiger partial charge in [-0.25, -0.2) is 0 Å². The summed E-state index contributed by atoms with van der Waals surface area (Å²) in [6, 6.07) is 7.74. The number of ether oxygens (including phenoxy) is 1. The molecule has 0 bridgehead atoms. The Labute approximate surface area is 180 Å². The van der Waals surface area contributed by atoms with Crippen molar-refractivity contribution in [3.8, 4) is 0 Å². The van der Waals surface area contributed by atoms with Crippen LogP contribution in [0.15, 0.2) is 36.4 Å². The van der Waals surface area contributed by atoms with Crippen molar-refractivity contribution in [1.29, 1.82) is 0 Å². The molecule has 0 aliphatic heterocycles. The minimum Gasteiger partial charge on any atom is -0.469 e. The number of hydrogen-bond acceptors (Lipinski definition) is 5. The van der Waals surface area contributed by atoms with Gasteiger partial charge in [0.2, 0.25) is 0 Å². The number of rotatable bonds is 12. The van der Waals surface area contributed by atoms with E-state index in [0.717, 1.165) is 44.1 Å². The van der Waals surface area contributed by atoms with Crippen molar-refractivity contribution in [2.24, 2.45) is 0 Å². The Kier molecular flexibility index (Phi) is 9.73. The Morgan fingerprint density at radius 3 is 2.53 bits per heavy atom. The fourth-order valence-electron chi connectivity index (χ4n) is 4.19. The van der Waals surface area contributed by atoms with E-state index in [1.165, 1.54) is 7.11 Å². The van der Waals surface area contributed by atoms with Gasteiger partial charge in [-0.3, -0.25) is 9.59 Å². The summed E-state index contributed by atoms with van der Waals surface area (Å²) >= 11 is 0. The van der Waals surface area contributed by atoms with E-state index in [9.17, 15) is 19.8 Å². The molecule has 166 valence electrons. The summed E-state index contributed by atoms with van der Waals surface area (Å²) in [7, 11) is 1.40. The van der Waals surface area contributed by atoms with Crippen LogP contribution in [0, 0.1) is 0 Å². The molecule has 0 saturated heterocycles. The van der Waals surface area contributed by atoms with Crippen molar-refractivity contribution in [2.45, 2.75) is 88.8 Å². The maximum atomic E-state index is 12.1. The van der Waals surface area contributed by atoms with Crippen LogP contribution >= 0.6 is 0 Å². The number of ketones is 1. The first kappa shape index (κ1) is 24.3. The Morgan fingerprint density at radius 1 is 1.20 bits per heavy atom. The summed E-state index contributed by atoms with van der Waals surface area (Å²) < 4.78 is 4.65. The average molecular weight is 417 g/mol. The smallest absolute Gasteiger partial charge is 0.305 e. The number of hydrogen-bond donors (Lipinski definition) is 2. The maximum Gasteiger partial charge on any atom is 0.305 e. The second kappa shape index (κ2) is 12.0. The molecule has 30 heavy (non-hydrogen) atoms. The van der Waals surface area contributed by atoms with Gasteiger partial charge in [0.1, 0.15) is 11.9 Å². The van der Waals surface area contributed by atoms with Gasteiger partial charge in [0.15, 0.2) is 0 Å². The topological polar surface area (TPSA) is 83.8 Å². The molecule has 5 nitrogen and oxygen atoms in total. The van der Waals surface area contributed by atoms with Gasteiger partial charge in [0, 0.05) is 24.7 Å². The van der Waals surface area contributed by atoms with E-state index < -0.39 is 12.2 Å². The van der Waals surface area contributed by atoms with Crippen LogP contribution < -0.4 is 0 Å². The molecule has 1 aromatic rings. The van der Waals surface area contributed by atoms with Gasteiger partial charge >= 0.3 is 5.97 Å². The number of allylic oxidation sites excluding steroid dienone is 2. The molecular weight excluding hydrogens is 380 g/mol. The normalized spacial score (nSPS) is 21.1. The van der Waals surface area contributed by atoms with Gasteiger partial charge in [-0.2, -0.15) is 0 Å². The largest absolute Gasteiger partial charge is 0.469 e. The molecule has 0 heterocycles. The molecule has 1 fully saturated rings. The van der Waals surface area contributed by atoms with Crippen LogP contribution in [0.3, 0.4) is 0 Å². The molecule has 1 saturated carbocycles. The highest BCUT2D eigenvalue weighted by Crippen LogP contribution is 2.43. The zero-order chi connectivity index (χ0) is 22.0. The van der Waals surface area contributed by atoms with E-state index in [1.54, 1.807) is 0 Å². The van der Waals surface area contributed by atoms with Gasteiger partial charge in [-0.1, -0.05) is 56.2 Å². The van der Waals surface area contributed by atoms with Crippen molar-refractivity contribution >= 4 is 11.8 Å². The zero-order valence-electron chi connectivity index (χ0n) is 18.3. The van der Waals surface area contributed by atoms with E-state index in [1.807, 2.05) is 24.3 Å². The van der Waals surface area contributed by atoms with Crippen molar-refractivity contribution in [3.63, 3.8) is 0 Å². The van der Waals surface area contributed by atoms with Crippen LogP contribution in [0.25, 0.3) is 0 Å². The quantitative estimate of drug-likeness (QED) is 0.297. The number of methoxy groups -OCH3 is 1. The fraction of sp³-hybridized carbons (Fsp3) is 0.600. The molecule has 0 spiro atoms. The molecule has 5 heteroatoms. The summed E-state index contributed by atoms with van der Waals surface area (Å²) in [5.41, 5.74) is 1.60. The second-order valence-electron chi connectivity index (χ2n) is 8.42. The first-order valence-corrected chi connectivity index (χ1v) is 11.1. The highest BCUT2D eigenvalue weighted by molar-refractivity contribution is 5.83. The van der Waals surface area contributed by atoms with Gasteiger partial charge in [-0.05, 0) is 43.2 Å². The first-order valence-electron chi connectivity index (χ1n) is 11.1. The lowest BCUT2D eigenvalue weighted by atomic mass is 9.75. The number of aliphatic hydroxyl groups excluding tert-OH is 2. The second-order valence-corrected chi connectivity index (χ2v) is 8.42. The van der Waals surface area contributed by atoms with Gasteiger partial charge in [0.25, 0.3) is 0 Å². The molecule has 3 atom stereocenters. The van der Waals surface area contributed by atoms with E-state index in [4.69, 9.17) is 0 Å².